The predicted molar refractivity (Wildman–Crippen MR) is 115 cm³/mol. The van der Waals surface area contributed by atoms with Crippen LogP contribution in [0.2, 0.25) is 0 Å². The van der Waals surface area contributed by atoms with Crippen molar-refractivity contribution in [1.82, 2.24) is 29.5 Å². The van der Waals surface area contributed by atoms with Crippen molar-refractivity contribution < 1.29 is 31.1 Å². The monoisotopic (exact) mass is 523 g/mol. The molecule has 2 N–H and O–H groups in total. The summed E-state index contributed by atoms with van der Waals surface area (Å²) in [5.74, 6) is -6.47. The molecule has 0 aliphatic carbocycles. The molecule has 0 saturated heterocycles. The molecule has 0 spiro atoms. The van der Waals surface area contributed by atoms with Crippen LogP contribution in [0.5, 0.6) is 0 Å². The fourth-order valence-corrected chi connectivity index (χ4v) is 4.17. The lowest BCUT2D eigenvalue weighted by Gasteiger charge is -2.21. The smallest absolute Gasteiger partial charge is 0.324 e. The molecular formula is C22H15F6N7O2. The van der Waals surface area contributed by atoms with Gasteiger partial charge in [0, 0.05) is 6.42 Å². The van der Waals surface area contributed by atoms with Crippen LogP contribution >= 0.6 is 0 Å². The second kappa shape index (κ2) is 8.11. The van der Waals surface area contributed by atoms with Crippen LogP contribution in [0, 0.1) is 5.82 Å². The Morgan fingerprint density at radius 2 is 1.86 bits per heavy atom. The number of alkyl halides is 5. The zero-order valence-corrected chi connectivity index (χ0v) is 18.7. The molecule has 0 radical (unpaired) electrons. The highest BCUT2D eigenvalue weighted by Crippen LogP contribution is 2.41. The summed E-state index contributed by atoms with van der Waals surface area (Å²) in [6, 6.07) is 5.16. The number of benzene rings is 1. The first-order chi connectivity index (χ1) is 17.3. The van der Waals surface area contributed by atoms with Crippen molar-refractivity contribution in [3.8, 4) is 11.5 Å². The second-order valence-corrected chi connectivity index (χ2v) is 8.53. The number of hydrogen-bond acceptors (Lipinski definition) is 6. The third-order valence-corrected chi connectivity index (χ3v) is 6.18. The molecule has 0 fully saturated rings. The number of nitrogens with one attached hydrogen (secondary N) is 2. The van der Waals surface area contributed by atoms with Crippen LogP contribution in [0.25, 0.3) is 17.2 Å². The molecule has 0 saturated carbocycles. The number of carbonyl (C=O) groups is 1. The van der Waals surface area contributed by atoms with Gasteiger partial charge in [0.05, 0.1) is 17.5 Å². The number of nitrogens with zero attached hydrogens (tertiary/aromatic N) is 5. The van der Waals surface area contributed by atoms with Gasteiger partial charge < -0.3 is 10.3 Å². The molecule has 5 rings (SSSR count). The lowest BCUT2D eigenvalue weighted by atomic mass is 9.78. The third-order valence-electron chi connectivity index (χ3n) is 6.18. The summed E-state index contributed by atoms with van der Waals surface area (Å²) >= 11 is 0. The summed E-state index contributed by atoms with van der Waals surface area (Å²) in [7, 11) is 0. The molecule has 1 aliphatic rings. The summed E-state index contributed by atoms with van der Waals surface area (Å²) in [5.41, 5.74) is -2.74. The van der Waals surface area contributed by atoms with Crippen LogP contribution in [-0.4, -0.2) is 47.6 Å². The molecule has 9 nitrogen and oxygen atoms in total. The van der Waals surface area contributed by atoms with Crippen molar-refractivity contribution in [2.45, 2.75) is 37.3 Å². The summed E-state index contributed by atoms with van der Waals surface area (Å²) in [6.07, 6.45) is -5.86. The van der Waals surface area contributed by atoms with E-state index in [1.54, 1.807) is 0 Å². The normalized spacial score (nSPS) is 17.8. The minimum atomic E-state index is -5.74. The van der Waals surface area contributed by atoms with Gasteiger partial charge in [0.1, 0.15) is 29.1 Å². The molecule has 1 unspecified atom stereocenters. The molecule has 0 bridgehead atoms. The molecule has 1 amide bonds. The summed E-state index contributed by atoms with van der Waals surface area (Å²) in [5, 5.41) is 6.39. The molecule has 4 aromatic rings. The van der Waals surface area contributed by atoms with Crippen molar-refractivity contribution in [3.63, 3.8) is 0 Å². The van der Waals surface area contributed by atoms with E-state index in [4.69, 9.17) is 0 Å². The number of amides is 1. The third kappa shape index (κ3) is 3.90. The molecule has 15 heteroatoms. The van der Waals surface area contributed by atoms with Crippen LogP contribution in [0.15, 0.2) is 41.6 Å². The first-order valence-electron chi connectivity index (χ1n) is 10.7. The number of fused-ring (bicyclic) bond motifs is 2. The molecular weight excluding hydrogens is 508 g/mol. The molecule has 37 heavy (non-hydrogen) atoms. The van der Waals surface area contributed by atoms with E-state index in [2.05, 4.69) is 30.4 Å². The van der Waals surface area contributed by atoms with E-state index in [1.165, 1.54) is 31.3 Å². The van der Waals surface area contributed by atoms with E-state index >= 15 is 0 Å². The summed E-state index contributed by atoms with van der Waals surface area (Å²) in [4.78, 5) is 40.6. The van der Waals surface area contributed by atoms with Gasteiger partial charge in [0.25, 0.3) is 5.56 Å². The van der Waals surface area contributed by atoms with Crippen LogP contribution in [0.4, 0.5) is 32.2 Å². The van der Waals surface area contributed by atoms with E-state index in [9.17, 15) is 35.9 Å². The Bertz CT molecular complexity index is 1610. The zero-order valence-electron chi connectivity index (χ0n) is 18.7. The Balaban J connectivity index is 1.58. The first kappa shape index (κ1) is 24.4. The number of aromatic amines is 1. The number of aromatic nitrogens is 6. The van der Waals surface area contributed by atoms with Gasteiger partial charge in [-0.25, -0.2) is 18.9 Å². The van der Waals surface area contributed by atoms with Crippen LogP contribution in [0.3, 0.4) is 0 Å². The predicted octanol–water partition coefficient (Wildman–Crippen LogP) is 3.40. The number of rotatable bonds is 5. The SMILES string of the molecule is CC1(c2cccc(F)c2)C(=O)Nc2[nH]c(-c3cn4ncnc4c(CCC(F)(F)C(F)(F)F)n3)nc(=O)c21. The molecule has 3 aromatic heterocycles. The maximum Gasteiger partial charge on any atom is 0.453 e. The average molecular weight is 523 g/mol. The van der Waals surface area contributed by atoms with Crippen LogP contribution in [0.1, 0.15) is 30.2 Å². The number of carbonyl (C=O) groups excluding carboxylic acids is 1. The topological polar surface area (TPSA) is 118 Å². The molecule has 1 aliphatic heterocycles. The Morgan fingerprint density at radius 3 is 2.57 bits per heavy atom. The quantitative estimate of drug-likeness (QED) is 0.388. The highest BCUT2D eigenvalue weighted by Gasteiger charge is 2.56. The van der Waals surface area contributed by atoms with Crippen molar-refractivity contribution in [2.75, 3.05) is 5.32 Å². The molecule has 1 atom stereocenters. The maximum absolute atomic E-state index is 13.9. The second-order valence-electron chi connectivity index (χ2n) is 8.53. The number of hydrogen-bond donors (Lipinski definition) is 2. The minimum absolute atomic E-state index is 0.0441. The van der Waals surface area contributed by atoms with Crippen molar-refractivity contribution >= 4 is 17.4 Å². The van der Waals surface area contributed by atoms with Gasteiger partial charge in [0.15, 0.2) is 11.5 Å². The van der Waals surface area contributed by atoms with Crippen molar-refractivity contribution in [3.05, 3.63) is 69.8 Å². The van der Waals surface area contributed by atoms with Gasteiger partial charge in [-0.3, -0.25) is 9.59 Å². The van der Waals surface area contributed by atoms with Gasteiger partial charge >= 0.3 is 12.1 Å². The van der Waals surface area contributed by atoms with Gasteiger partial charge in [-0.2, -0.15) is 32.0 Å². The van der Waals surface area contributed by atoms with Gasteiger partial charge in [0.2, 0.25) is 5.91 Å². The largest absolute Gasteiger partial charge is 0.453 e. The van der Waals surface area contributed by atoms with Crippen LogP contribution in [-0.2, 0) is 16.6 Å². The first-order valence-corrected chi connectivity index (χ1v) is 10.7. The minimum Gasteiger partial charge on any atom is -0.324 e. The Kier molecular flexibility index (Phi) is 5.35. The average Bonchev–Trinajstić information content (AvgIpc) is 3.39. The lowest BCUT2D eigenvalue weighted by Crippen LogP contribution is -2.36. The van der Waals surface area contributed by atoms with E-state index in [-0.39, 0.29) is 39.8 Å². The number of aryl methyl sites for hydroxylation is 1. The van der Waals surface area contributed by atoms with E-state index in [1.807, 2.05) is 0 Å². The maximum atomic E-state index is 13.9. The van der Waals surface area contributed by atoms with Gasteiger partial charge in [-0.15, -0.1) is 0 Å². The van der Waals surface area contributed by atoms with Crippen molar-refractivity contribution in [2.24, 2.45) is 0 Å². The number of halogens is 6. The highest BCUT2D eigenvalue weighted by atomic mass is 19.4. The van der Waals surface area contributed by atoms with E-state index < -0.39 is 47.6 Å². The number of anilines is 1. The summed E-state index contributed by atoms with van der Waals surface area (Å²) < 4.78 is 79.9. The van der Waals surface area contributed by atoms with Crippen LogP contribution < -0.4 is 10.9 Å². The Morgan fingerprint density at radius 1 is 1.11 bits per heavy atom. The standard InChI is InChI=1S/C22H15F6N7O2/c1-20(10-3-2-4-11(23)7-10)14-16(34-19(20)37)32-15(33-18(14)36)13-8-35-17(29-9-30-35)12(31-13)5-6-21(24,25)22(26,27)28/h2-4,7-9H,5-6H2,1H3,(H2,32,33,34,36,37). The summed E-state index contributed by atoms with van der Waals surface area (Å²) in [6.45, 7) is 1.43. The fourth-order valence-electron chi connectivity index (χ4n) is 4.17. The molecule has 192 valence electrons. The van der Waals surface area contributed by atoms with Gasteiger partial charge in [-0.05, 0) is 31.0 Å². The lowest BCUT2D eigenvalue weighted by molar-refractivity contribution is -0.284. The molecule has 4 heterocycles. The fraction of sp³-hybridized carbons (Fsp3) is 0.273. The Labute approximate surface area is 202 Å². The van der Waals surface area contributed by atoms with E-state index in [0.29, 0.717) is 0 Å². The molecule has 1 aromatic carbocycles. The van der Waals surface area contributed by atoms with E-state index in [0.717, 1.165) is 16.9 Å². The number of H-pyrrole nitrogens is 1. The zero-order chi connectivity index (χ0) is 26.8. The Hall–Kier alpha value is -4.30. The van der Waals surface area contributed by atoms with Gasteiger partial charge in [-0.1, -0.05) is 12.1 Å². The van der Waals surface area contributed by atoms with Crippen molar-refractivity contribution in [1.29, 1.82) is 0 Å². The highest BCUT2D eigenvalue weighted by molar-refractivity contribution is 6.07.